The molecule has 0 saturated heterocycles. The van der Waals surface area contributed by atoms with Crippen LogP contribution in [0.2, 0.25) is 5.28 Å². The fraction of sp³-hybridized carbons (Fsp3) is 0.167. The van der Waals surface area contributed by atoms with Crippen molar-refractivity contribution in [2.75, 3.05) is 10.6 Å². The number of azo groups is 1. The van der Waals surface area contributed by atoms with Crippen LogP contribution in [-0.4, -0.2) is 58.4 Å². The summed E-state index contributed by atoms with van der Waals surface area (Å²) in [7, 11) is -14.6. The first-order chi connectivity index (χ1) is 21.8. The molecule has 0 saturated carbocycles. The molecule has 0 aliphatic heterocycles. The van der Waals surface area contributed by atoms with Gasteiger partial charge in [-0.2, -0.15) is 23.4 Å². The summed E-state index contributed by atoms with van der Waals surface area (Å²) in [5.41, 5.74) is -2.59. The van der Waals surface area contributed by atoms with E-state index in [0.717, 1.165) is 31.2 Å². The Kier molecular flexibility index (Phi) is 17.1. The quantitative estimate of drug-likeness (QED) is 0.0722. The summed E-state index contributed by atoms with van der Waals surface area (Å²) in [6.45, 7) is 2.35. The molecule has 0 unspecified atom stereocenters. The van der Waals surface area contributed by atoms with Crippen molar-refractivity contribution >= 4 is 76.6 Å². The van der Waals surface area contributed by atoms with Gasteiger partial charge in [-0.05, 0) is 84.9 Å². The van der Waals surface area contributed by atoms with E-state index in [4.69, 9.17) is 11.6 Å². The number of anilines is 4. The van der Waals surface area contributed by atoms with Crippen LogP contribution in [0.1, 0.15) is 18.1 Å². The number of aromatic nitrogens is 4. The molecule has 2 aromatic heterocycles. The third kappa shape index (κ3) is 12.0. The van der Waals surface area contributed by atoms with Gasteiger partial charge in [-0.15, -0.1) is 10.2 Å². The molecule has 4 rings (SSSR count). The molecule has 19 nitrogen and oxygen atoms in total. The molecule has 0 aliphatic carbocycles. The maximum Gasteiger partial charge on any atom is 1.00 e. The van der Waals surface area contributed by atoms with Crippen LogP contribution in [0.5, 0.6) is 5.88 Å². The topological polar surface area (TPSA) is 301 Å². The zero-order valence-electron chi connectivity index (χ0n) is 26.8. The predicted molar refractivity (Wildman–Crippen MR) is 160 cm³/mol. The second kappa shape index (κ2) is 18.4. The Hall–Kier alpha value is -1.58. The van der Waals surface area contributed by atoms with E-state index in [0.29, 0.717) is 4.57 Å². The minimum atomic E-state index is -4.96. The molecule has 4 aromatic rings. The van der Waals surface area contributed by atoms with Gasteiger partial charge in [0.15, 0.2) is 5.69 Å². The number of hydrogen-bond acceptors (Lipinski definition) is 17. The van der Waals surface area contributed by atoms with E-state index >= 15 is 0 Å². The average Bonchev–Trinajstić information content (AvgIpc) is 2.94. The van der Waals surface area contributed by atoms with Crippen LogP contribution >= 0.6 is 11.6 Å². The fourth-order valence-corrected chi connectivity index (χ4v) is 5.95. The van der Waals surface area contributed by atoms with Crippen molar-refractivity contribution in [2.45, 2.75) is 35.9 Å². The number of pyridine rings is 1. The predicted octanol–water partition coefficient (Wildman–Crippen LogP) is -6.80. The molecule has 2 heterocycles. The van der Waals surface area contributed by atoms with E-state index < -0.39 is 74.3 Å². The summed E-state index contributed by atoms with van der Waals surface area (Å²) in [6, 6.07) is 7.80. The van der Waals surface area contributed by atoms with Crippen LogP contribution in [0, 0.1) is 6.92 Å². The number of nitrogens with one attached hydrogen (secondary N) is 2. The van der Waals surface area contributed by atoms with Crippen LogP contribution in [-0.2, 0) is 42.7 Å². The second-order valence-electron chi connectivity index (χ2n) is 9.35. The molecule has 26 heteroatoms. The third-order valence-electron chi connectivity index (χ3n) is 6.15. The zero-order chi connectivity index (χ0) is 34.9. The number of rotatable bonds is 11. The maximum atomic E-state index is 12.9. The summed E-state index contributed by atoms with van der Waals surface area (Å²) in [5, 5.41) is 25.3. The van der Waals surface area contributed by atoms with Crippen molar-refractivity contribution in [1.82, 2.24) is 19.5 Å². The van der Waals surface area contributed by atoms with Gasteiger partial charge in [0.1, 0.15) is 20.7 Å². The standard InChI is InChI=1S/C24H23ClN8O11S3.3Na/c1-3-33-20(34)16(11-45(36,37)38)12(2)19(21(33)35)32-31-17-10-14(6-9-18(17)47(42,43)44)27-24-29-22(25)28-23(30-24)26-13-4-7-15(8-5-13)46(39,40)41;;;/h4-10,34H,3,11H2,1-2H3,(H,36,37,38)(H,39,40,41)(H,42,43,44)(H2,26,27,28,29,30);;;/q;3*+1/p-3. The molecule has 0 atom stereocenters. The Morgan fingerprint density at radius 1 is 0.880 bits per heavy atom. The first-order valence-corrected chi connectivity index (χ1v) is 17.5. The number of benzene rings is 2. The van der Waals surface area contributed by atoms with Crippen molar-refractivity contribution in [1.29, 1.82) is 0 Å². The monoisotopic (exact) mass is 796 g/mol. The minimum absolute atomic E-state index is 0. The first-order valence-electron chi connectivity index (χ1n) is 12.7. The molecule has 0 aliphatic rings. The van der Waals surface area contributed by atoms with Gasteiger partial charge in [0, 0.05) is 17.9 Å². The molecule has 3 N–H and O–H groups in total. The fourth-order valence-electron chi connectivity index (χ4n) is 4.02. The van der Waals surface area contributed by atoms with Crippen molar-refractivity contribution in [3.8, 4) is 5.88 Å². The van der Waals surface area contributed by atoms with Gasteiger partial charge in [0.05, 0.1) is 20.8 Å². The average molecular weight is 797 g/mol. The molecule has 0 fully saturated rings. The Morgan fingerprint density at radius 2 is 1.42 bits per heavy atom. The zero-order valence-corrected chi connectivity index (χ0v) is 36.0. The smallest absolute Gasteiger partial charge is 0.860 e. The van der Waals surface area contributed by atoms with Gasteiger partial charge in [0.25, 0.3) is 15.7 Å². The van der Waals surface area contributed by atoms with Gasteiger partial charge in [-0.25, -0.2) is 16.8 Å². The van der Waals surface area contributed by atoms with Crippen molar-refractivity contribution < 1.29 is 133 Å². The number of hydrogen-bond donors (Lipinski definition) is 3. The van der Waals surface area contributed by atoms with Crippen molar-refractivity contribution in [2.24, 2.45) is 10.2 Å². The van der Waals surface area contributed by atoms with Crippen molar-refractivity contribution in [3.05, 3.63) is 69.2 Å². The van der Waals surface area contributed by atoms with Crippen LogP contribution in [0.3, 0.4) is 0 Å². The Labute approximate surface area is 356 Å². The molecule has 250 valence electrons. The SMILES string of the molecule is CCn1c([O-])c(CS(=O)(=O)[O-])c(C)c(N=Nc2cc(Nc3nc(Cl)nc(Nc4ccc(S(=O)(=O)[O-])cc4)n3)ccc2S(=O)(=O)O)c1=O.[Na+].[Na+].[Na+]. The summed E-state index contributed by atoms with van der Waals surface area (Å²) >= 11 is 6.00. The summed E-state index contributed by atoms with van der Waals surface area (Å²) in [5.74, 6) is -2.60. The largest absolute Gasteiger partial charge is 1.00 e. The molecule has 2 aromatic carbocycles. The molecule has 0 spiro atoms. The third-order valence-corrected chi connectivity index (χ3v) is 8.72. The van der Waals surface area contributed by atoms with Crippen LogP contribution in [0.4, 0.5) is 34.6 Å². The van der Waals surface area contributed by atoms with Crippen LogP contribution in [0.15, 0.2) is 67.3 Å². The van der Waals surface area contributed by atoms with E-state index in [1.165, 1.54) is 25.1 Å². The van der Waals surface area contributed by atoms with Crippen LogP contribution in [0.25, 0.3) is 0 Å². The van der Waals surface area contributed by atoms with Gasteiger partial charge in [0.2, 0.25) is 17.2 Å². The molecular formula is C24H20ClN8Na3O11S3. The second-order valence-corrected chi connectivity index (χ2v) is 13.9. The Morgan fingerprint density at radius 3 is 1.92 bits per heavy atom. The van der Waals surface area contributed by atoms with E-state index in [2.05, 4.69) is 35.8 Å². The summed E-state index contributed by atoms with van der Waals surface area (Å²) in [6.07, 6.45) is 0. The molecule has 50 heavy (non-hydrogen) atoms. The first kappa shape index (κ1) is 46.4. The van der Waals surface area contributed by atoms with E-state index in [9.17, 15) is 48.8 Å². The Bertz CT molecular complexity index is 2310. The number of halogens is 1. The van der Waals surface area contributed by atoms with Crippen molar-refractivity contribution in [3.63, 3.8) is 0 Å². The molecule has 0 amide bonds. The molecule has 0 radical (unpaired) electrons. The van der Waals surface area contributed by atoms with E-state index in [1.807, 2.05) is 0 Å². The Balaban J connectivity index is 0.00000417. The normalized spacial score (nSPS) is 11.6. The van der Waals surface area contributed by atoms with E-state index in [-0.39, 0.29) is 129 Å². The maximum absolute atomic E-state index is 12.9. The molecular weight excluding hydrogens is 777 g/mol. The summed E-state index contributed by atoms with van der Waals surface area (Å²) in [4.78, 5) is 23.6. The van der Waals surface area contributed by atoms with Gasteiger partial charge < -0.3 is 29.4 Å². The van der Waals surface area contributed by atoms with E-state index in [1.54, 1.807) is 0 Å². The summed E-state index contributed by atoms with van der Waals surface area (Å²) < 4.78 is 102. The van der Waals surface area contributed by atoms with Gasteiger partial charge in [-0.3, -0.25) is 9.35 Å². The van der Waals surface area contributed by atoms with Gasteiger partial charge in [-0.1, -0.05) is 0 Å². The molecule has 0 bridgehead atoms. The minimum Gasteiger partial charge on any atom is -0.860 e. The van der Waals surface area contributed by atoms with Crippen LogP contribution < -0.4 is 110 Å². The number of nitrogens with zero attached hydrogens (tertiary/aromatic N) is 6. The van der Waals surface area contributed by atoms with Gasteiger partial charge >= 0.3 is 88.7 Å².